The van der Waals surface area contributed by atoms with Crippen molar-refractivity contribution in [3.05, 3.63) is 35.9 Å². The lowest BCUT2D eigenvalue weighted by Crippen LogP contribution is -2.29. The van der Waals surface area contributed by atoms with Gasteiger partial charge in [0.25, 0.3) is 0 Å². The van der Waals surface area contributed by atoms with E-state index in [1.54, 1.807) is 0 Å². The van der Waals surface area contributed by atoms with Crippen molar-refractivity contribution >= 4 is 0 Å². The lowest BCUT2D eigenvalue weighted by atomic mass is 10.1. The number of hydrogen-bond donors (Lipinski definition) is 0. The molecule has 0 aliphatic heterocycles. The Bertz CT molecular complexity index is 354. The van der Waals surface area contributed by atoms with E-state index in [0.29, 0.717) is 6.61 Å². The molecule has 0 aromatic heterocycles. The largest absolute Gasteiger partial charge is 0.349 e. The van der Waals surface area contributed by atoms with Gasteiger partial charge in [0.15, 0.2) is 6.29 Å². The van der Waals surface area contributed by atoms with E-state index < -0.39 is 0 Å². The van der Waals surface area contributed by atoms with Gasteiger partial charge in [-0.25, -0.2) is 9.78 Å². The average molecular weight is 280 g/mol. The van der Waals surface area contributed by atoms with Crippen molar-refractivity contribution in [3.8, 4) is 0 Å². The molecule has 1 aromatic rings. The van der Waals surface area contributed by atoms with E-state index in [4.69, 9.17) is 14.5 Å². The number of aryl methyl sites for hydroxylation is 1. The van der Waals surface area contributed by atoms with Gasteiger partial charge in [0.05, 0.1) is 12.2 Å². The van der Waals surface area contributed by atoms with Crippen LogP contribution in [0.15, 0.2) is 30.3 Å². The minimum absolute atomic E-state index is 0.258. The van der Waals surface area contributed by atoms with Crippen LogP contribution < -0.4 is 0 Å². The summed E-state index contributed by atoms with van der Waals surface area (Å²) in [6.07, 6.45) is 1.68. The molecular formula is C17H28O3. The van der Waals surface area contributed by atoms with Crippen LogP contribution >= 0.6 is 0 Å². The first kappa shape index (κ1) is 17.2. The second-order valence-electron chi connectivity index (χ2n) is 6.36. The summed E-state index contributed by atoms with van der Waals surface area (Å²) in [5, 5.41) is 0. The van der Waals surface area contributed by atoms with E-state index in [1.165, 1.54) is 5.56 Å². The summed E-state index contributed by atoms with van der Waals surface area (Å²) in [6.45, 7) is 10.7. The van der Waals surface area contributed by atoms with Gasteiger partial charge >= 0.3 is 0 Å². The van der Waals surface area contributed by atoms with E-state index in [1.807, 2.05) is 26.8 Å². The van der Waals surface area contributed by atoms with Gasteiger partial charge in [-0.05, 0) is 39.2 Å². The van der Waals surface area contributed by atoms with Gasteiger partial charge in [0.2, 0.25) is 0 Å². The van der Waals surface area contributed by atoms with E-state index in [9.17, 15) is 0 Å². The Labute approximate surface area is 123 Å². The topological polar surface area (TPSA) is 27.7 Å². The summed E-state index contributed by atoms with van der Waals surface area (Å²) < 4.78 is 5.77. The van der Waals surface area contributed by atoms with Crippen molar-refractivity contribution in [1.82, 2.24) is 0 Å². The zero-order chi connectivity index (χ0) is 15.0. The van der Waals surface area contributed by atoms with E-state index in [0.717, 1.165) is 12.8 Å². The van der Waals surface area contributed by atoms with Crippen LogP contribution in [0.5, 0.6) is 0 Å². The van der Waals surface area contributed by atoms with Crippen LogP contribution in [0.4, 0.5) is 0 Å². The summed E-state index contributed by atoms with van der Waals surface area (Å²) in [5.74, 6) is 0.258. The minimum Gasteiger partial charge on any atom is -0.349 e. The second kappa shape index (κ2) is 8.40. The van der Waals surface area contributed by atoms with Crippen molar-refractivity contribution in [2.45, 2.75) is 59.4 Å². The Balaban J connectivity index is 2.25. The van der Waals surface area contributed by atoms with Gasteiger partial charge in [0, 0.05) is 5.92 Å². The van der Waals surface area contributed by atoms with Gasteiger partial charge in [0.1, 0.15) is 0 Å². The molecule has 0 amide bonds. The Morgan fingerprint density at radius 2 is 1.70 bits per heavy atom. The zero-order valence-corrected chi connectivity index (χ0v) is 13.4. The highest BCUT2D eigenvalue weighted by Crippen LogP contribution is 2.15. The van der Waals surface area contributed by atoms with Crippen LogP contribution in [0.1, 0.15) is 46.6 Å². The molecular weight excluding hydrogens is 252 g/mol. The van der Waals surface area contributed by atoms with Crippen molar-refractivity contribution in [2.75, 3.05) is 6.61 Å². The predicted molar refractivity (Wildman–Crippen MR) is 81.3 cm³/mol. The maximum absolute atomic E-state index is 5.77. The summed E-state index contributed by atoms with van der Waals surface area (Å²) in [7, 11) is 0. The van der Waals surface area contributed by atoms with Crippen molar-refractivity contribution < 1.29 is 14.5 Å². The first-order chi connectivity index (χ1) is 9.38. The molecule has 114 valence electrons. The zero-order valence-electron chi connectivity index (χ0n) is 13.4. The highest BCUT2D eigenvalue weighted by atomic mass is 17.2. The molecule has 1 atom stereocenters. The third-order valence-corrected chi connectivity index (χ3v) is 2.67. The van der Waals surface area contributed by atoms with Crippen molar-refractivity contribution in [3.63, 3.8) is 0 Å². The van der Waals surface area contributed by atoms with Crippen LogP contribution in [0.2, 0.25) is 0 Å². The Morgan fingerprint density at radius 1 is 1.05 bits per heavy atom. The van der Waals surface area contributed by atoms with E-state index in [2.05, 4.69) is 38.1 Å². The normalized spacial score (nSPS) is 13.7. The molecule has 0 radical (unpaired) electrons. The van der Waals surface area contributed by atoms with Crippen LogP contribution in [0, 0.1) is 5.92 Å². The van der Waals surface area contributed by atoms with Gasteiger partial charge in [-0.3, -0.25) is 0 Å². The fourth-order valence-corrected chi connectivity index (χ4v) is 1.64. The summed E-state index contributed by atoms with van der Waals surface area (Å²) in [6, 6.07) is 10.4. The number of benzene rings is 1. The third-order valence-electron chi connectivity index (χ3n) is 2.67. The fourth-order valence-electron chi connectivity index (χ4n) is 1.64. The average Bonchev–Trinajstić information content (AvgIpc) is 2.37. The monoisotopic (exact) mass is 280 g/mol. The Kier molecular flexibility index (Phi) is 7.20. The molecule has 3 heteroatoms. The maximum atomic E-state index is 5.77. The van der Waals surface area contributed by atoms with Crippen LogP contribution in [-0.2, 0) is 20.9 Å². The van der Waals surface area contributed by atoms with Crippen molar-refractivity contribution in [1.29, 1.82) is 0 Å². The summed E-state index contributed by atoms with van der Waals surface area (Å²) in [4.78, 5) is 10.7. The molecule has 1 unspecified atom stereocenters. The molecule has 0 bridgehead atoms. The van der Waals surface area contributed by atoms with Gasteiger partial charge < -0.3 is 4.74 Å². The lowest BCUT2D eigenvalue weighted by molar-refractivity contribution is -0.423. The number of ether oxygens (including phenoxy) is 1. The summed E-state index contributed by atoms with van der Waals surface area (Å²) in [5.41, 5.74) is 1.02. The molecule has 1 rings (SSSR count). The Hall–Kier alpha value is -0.900. The summed E-state index contributed by atoms with van der Waals surface area (Å²) >= 11 is 0. The third kappa shape index (κ3) is 7.63. The smallest absolute Gasteiger partial charge is 0.193 e. The molecule has 0 N–H and O–H groups in total. The molecule has 0 spiro atoms. The van der Waals surface area contributed by atoms with Crippen LogP contribution in [0.25, 0.3) is 0 Å². The van der Waals surface area contributed by atoms with Gasteiger partial charge in [-0.1, -0.05) is 44.2 Å². The van der Waals surface area contributed by atoms with Gasteiger partial charge in [-0.2, -0.15) is 0 Å². The molecule has 0 aliphatic rings. The number of hydrogen-bond acceptors (Lipinski definition) is 3. The Morgan fingerprint density at radius 3 is 2.25 bits per heavy atom. The number of rotatable bonds is 8. The fraction of sp³-hybridized carbons (Fsp3) is 0.647. The quantitative estimate of drug-likeness (QED) is 0.306. The maximum Gasteiger partial charge on any atom is 0.193 e. The molecule has 0 saturated heterocycles. The molecule has 0 saturated carbocycles. The highest BCUT2D eigenvalue weighted by molar-refractivity contribution is 5.14. The molecule has 3 nitrogen and oxygen atoms in total. The highest BCUT2D eigenvalue weighted by Gasteiger charge is 2.20. The minimum atomic E-state index is -0.319. The second-order valence-corrected chi connectivity index (χ2v) is 6.36. The molecule has 20 heavy (non-hydrogen) atoms. The molecule has 0 fully saturated rings. The lowest BCUT2D eigenvalue weighted by Gasteiger charge is -2.25. The van der Waals surface area contributed by atoms with Crippen molar-refractivity contribution in [2.24, 2.45) is 5.92 Å². The SMILES string of the molecule is CC(C)C(OCCCc1ccccc1)OOC(C)(C)C. The van der Waals surface area contributed by atoms with Gasteiger partial charge in [-0.15, -0.1) is 0 Å². The van der Waals surface area contributed by atoms with Crippen LogP contribution in [-0.4, -0.2) is 18.5 Å². The standard InChI is InChI=1S/C17H28O3/c1-14(2)16(19-20-17(3,4)5)18-13-9-12-15-10-7-6-8-11-15/h6-8,10-11,14,16H,9,12-13H2,1-5H3. The molecule has 0 aliphatic carbocycles. The predicted octanol–water partition coefficient (Wildman–Crippen LogP) is 4.36. The molecule has 1 aromatic carbocycles. The first-order valence-electron chi connectivity index (χ1n) is 7.38. The van der Waals surface area contributed by atoms with E-state index >= 15 is 0 Å². The van der Waals surface area contributed by atoms with E-state index in [-0.39, 0.29) is 17.8 Å². The van der Waals surface area contributed by atoms with Crippen LogP contribution in [0.3, 0.4) is 0 Å². The first-order valence-corrected chi connectivity index (χ1v) is 7.38. The molecule has 0 heterocycles.